The Labute approximate surface area is 105 Å². The quantitative estimate of drug-likeness (QED) is 0.883. The maximum Gasteiger partial charge on any atom is 0.134 e. The van der Waals surface area contributed by atoms with Gasteiger partial charge in [-0.1, -0.05) is 6.07 Å². The Balaban J connectivity index is 2.17. The van der Waals surface area contributed by atoms with Gasteiger partial charge in [0.05, 0.1) is 18.0 Å². The van der Waals surface area contributed by atoms with Crippen LogP contribution in [0.3, 0.4) is 0 Å². The van der Waals surface area contributed by atoms with E-state index in [9.17, 15) is 0 Å². The van der Waals surface area contributed by atoms with Crippen molar-refractivity contribution < 1.29 is 4.74 Å². The summed E-state index contributed by atoms with van der Waals surface area (Å²) in [6.45, 7) is 0. The van der Waals surface area contributed by atoms with E-state index in [0.717, 1.165) is 17.9 Å². The van der Waals surface area contributed by atoms with Gasteiger partial charge in [0.1, 0.15) is 5.75 Å². The molecule has 2 aromatic rings. The second-order valence-electron chi connectivity index (χ2n) is 3.72. The van der Waals surface area contributed by atoms with Gasteiger partial charge < -0.3 is 10.1 Å². The predicted molar refractivity (Wildman–Crippen MR) is 70.6 cm³/mol. The molecule has 0 aliphatic heterocycles. The van der Waals surface area contributed by atoms with Gasteiger partial charge >= 0.3 is 0 Å². The molecule has 2 rings (SSSR count). The van der Waals surface area contributed by atoms with Crippen molar-refractivity contribution in [2.24, 2.45) is 0 Å². The molecule has 0 radical (unpaired) electrons. The monoisotopic (exact) mass is 248 g/mol. The van der Waals surface area contributed by atoms with Crippen LogP contribution in [-0.4, -0.2) is 19.1 Å². The number of hydrogen-bond donors (Lipinski definition) is 1. The Bertz CT molecular complexity index is 455. The van der Waals surface area contributed by atoms with Gasteiger partial charge in [0.15, 0.2) is 0 Å². The highest BCUT2D eigenvalue weighted by Gasteiger charge is 2.16. The number of ether oxygens (including phenoxy) is 1. The lowest BCUT2D eigenvalue weighted by molar-refractivity contribution is 0.405. The zero-order chi connectivity index (χ0) is 12.1. The van der Waals surface area contributed by atoms with Crippen molar-refractivity contribution in [2.45, 2.75) is 12.5 Å². The van der Waals surface area contributed by atoms with Crippen LogP contribution in [0.2, 0.25) is 0 Å². The summed E-state index contributed by atoms with van der Waals surface area (Å²) in [5.74, 6) is 0.949. The van der Waals surface area contributed by atoms with Gasteiger partial charge in [-0.3, -0.25) is 4.98 Å². The van der Waals surface area contributed by atoms with Gasteiger partial charge in [0.2, 0.25) is 0 Å². The van der Waals surface area contributed by atoms with Crippen LogP contribution in [0.4, 0.5) is 0 Å². The normalized spacial score (nSPS) is 12.4. The molecule has 0 fully saturated rings. The number of likely N-dealkylation sites (N-methyl/N-ethyl adjacent to an activating group) is 1. The van der Waals surface area contributed by atoms with E-state index < -0.39 is 0 Å². The van der Waals surface area contributed by atoms with Crippen molar-refractivity contribution in [2.75, 3.05) is 14.2 Å². The number of methoxy groups -OCH3 is 1. The van der Waals surface area contributed by atoms with Crippen molar-refractivity contribution >= 4 is 11.3 Å². The molecule has 90 valence electrons. The van der Waals surface area contributed by atoms with E-state index >= 15 is 0 Å². The van der Waals surface area contributed by atoms with Crippen molar-refractivity contribution in [1.29, 1.82) is 0 Å². The minimum absolute atomic E-state index is 0.250. The standard InChI is InChI=1S/C13H16N2OS/c1-14-11(9-10-5-3-4-7-15-10)13-12(16-2)6-8-17-13/h3-8,11,14H,9H2,1-2H3. The first-order valence-electron chi connectivity index (χ1n) is 5.53. The van der Waals surface area contributed by atoms with E-state index in [1.165, 1.54) is 4.88 Å². The summed E-state index contributed by atoms with van der Waals surface area (Å²) in [5.41, 5.74) is 1.09. The highest BCUT2D eigenvalue weighted by Crippen LogP contribution is 2.32. The van der Waals surface area contributed by atoms with E-state index in [0.29, 0.717) is 0 Å². The molecule has 1 N–H and O–H groups in total. The fourth-order valence-corrected chi connectivity index (χ4v) is 2.76. The predicted octanol–water partition coefficient (Wildman–Crippen LogP) is 2.65. The minimum atomic E-state index is 0.250. The highest BCUT2D eigenvalue weighted by atomic mass is 32.1. The number of nitrogens with zero attached hydrogens (tertiary/aromatic N) is 1. The average molecular weight is 248 g/mol. The number of pyridine rings is 1. The van der Waals surface area contributed by atoms with E-state index in [2.05, 4.69) is 15.7 Å². The van der Waals surface area contributed by atoms with E-state index in [1.54, 1.807) is 18.4 Å². The molecule has 1 atom stereocenters. The van der Waals surface area contributed by atoms with Crippen molar-refractivity contribution in [3.8, 4) is 5.75 Å². The molecular formula is C13H16N2OS. The zero-order valence-corrected chi connectivity index (χ0v) is 10.8. The van der Waals surface area contributed by atoms with Gasteiger partial charge in [-0.25, -0.2) is 0 Å². The zero-order valence-electron chi connectivity index (χ0n) is 10.0. The second kappa shape index (κ2) is 5.80. The van der Waals surface area contributed by atoms with Gasteiger partial charge in [-0.2, -0.15) is 0 Å². The minimum Gasteiger partial charge on any atom is -0.496 e. The van der Waals surface area contributed by atoms with Crippen LogP contribution in [0.25, 0.3) is 0 Å². The van der Waals surface area contributed by atoms with E-state index in [-0.39, 0.29) is 6.04 Å². The summed E-state index contributed by atoms with van der Waals surface area (Å²) in [5, 5.41) is 5.37. The third-order valence-electron chi connectivity index (χ3n) is 2.68. The molecule has 0 saturated heterocycles. The lowest BCUT2D eigenvalue weighted by atomic mass is 10.1. The van der Waals surface area contributed by atoms with Crippen LogP contribution in [0.15, 0.2) is 35.8 Å². The topological polar surface area (TPSA) is 34.2 Å². The van der Waals surface area contributed by atoms with Crippen molar-refractivity contribution in [3.63, 3.8) is 0 Å². The molecule has 17 heavy (non-hydrogen) atoms. The summed E-state index contributed by atoms with van der Waals surface area (Å²) in [7, 11) is 3.67. The third kappa shape index (κ3) is 2.84. The van der Waals surface area contributed by atoms with Gasteiger partial charge in [0, 0.05) is 18.3 Å². The maximum absolute atomic E-state index is 5.36. The molecule has 0 saturated carbocycles. The Hall–Kier alpha value is -1.39. The molecule has 0 spiro atoms. The first-order chi connectivity index (χ1) is 8.35. The lowest BCUT2D eigenvalue weighted by Gasteiger charge is -2.15. The molecule has 0 aromatic carbocycles. The van der Waals surface area contributed by atoms with Crippen LogP contribution >= 0.6 is 11.3 Å². The molecule has 0 amide bonds. The van der Waals surface area contributed by atoms with Gasteiger partial charge in [0.25, 0.3) is 0 Å². The lowest BCUT2D eigenvalue weighted by Crippen LogP contribution is -2.18. The largest absolute Gasteiger partial charge is 0.496 e. The summed E-state index contributed by atoms with van der Waals surface area (Å²) < 4.78 is 5.36. The van der Waals surface area contributed by atoms with E-state index in [1.807, 2.05) is 37.5 Å². The number of thiophene rings is 1. The van der Waals surface area contributed by atoms with Crippen molar-refractivity contribution in [1.82, 2.24) is 10.3 Å². The fourth-order valence-electron chi connectivity index (χ4n) is 1.79. The van der Waals surface area contributed by atoms with Gasteiger partial charge in [-0.05, 0) is 30.6 Å². The van der Waals surface area contributed by atoms with Crippen LogP contribution in [0.1, 0.15) is 16.6 Å². The molecule has 3 nitrogen and oxygen atoms in total. The molecule has 0 aliphatic carbocycles. The number of aromatic nitrogens is 1. The van der Waals surface area contributed by atoms with E-state index in [4.69, 9.17) is 4.74 Å². The SMILES string of the molecule is CNC(Cc1ccccn1)c1sccc1OC. The van der Waals surface area contributed by atoms with Crippen molar-refractivity contribution in [3.05, 3.63) is 46.4 Å². The summed E-state index contributed by atoms with van der Waals surface area (Å²) in [4.78, 5) is 5.58. The van der Waals surface area contributed by atoms with Crippen LogP contribution in [0, 0.1) is 0 Å². The molecule has 4 heteroatoms. The highest BCUT2D eigenvalue weighted by molar-refractivity contribution is 7.10. The molecular weight excluding hydrogens is 232 g/mol. The second-order valence-corrected chi connectivity index (χ2v) is 4.67. The first kappa shape index (κ1) is 12.1. The fraction of sp³-hybridized carbons (Fsp3) is 0.308. The van der Waals surface area contributed by atoms with Gasteiger partial charge in [-0.15, -0.1) is 11.3 Å². The Kier molecular flexibility index (Phi) is 4.12. The molecule has 1 unspecified atom stereocenters. The smallest absolute Gasteiger partial charge is 0.134 e. The summed E-state index contributed by atoms with van der Waals surface area (Å²) in [6, 6.07) is 8.25. The summed E-state index contributed by atoms with van der Waals surface area (Å²) >= 11 is 1.71. The Morgan fingerprint density at radius 3 is 2.94 bits per heavy atom. The number of nitrogens with one attached hydrogen (secondary N) is 1. The van der Waals surface area contributed by atoms with Crippen LogP contribution in [-0.2, 0) is 6.42 Å². The van der Waals surface area contributed by atoms with Crippen LogP contribution < -0.4 is 10.1 Å². The Morgan fingerprint density at radius 1 is 1.41 bits per heavy atom. The molecule has 2 aromatic heterocycles. The maximum atomic E-state index is 5.36. The number of hydrogen-bond acceptors (Lipinski definition) is 4. The first-order valence-corrected chi connectivity index (χ1v) is 6.41. The molecule has 0 aliphatic rings. The average Bonchev–Trinajstić information content (AvgIpc) is 2.85. The van der Waals surface area contributed by atoms with Crippen LogP contribution in [0.5, 0.6) is 5.75 Å². The summed E-state index contributed by atoms with van der Waals surface area (Å²) in [6.07, 6.45) is 2.70. The third-order valence-corrected chi connectivity index (χ3v) is 3.69. The molecule has 2 heterocycles. The Morgan fingerprint density at radius 2 is 2.29 bits per heavy atom. The molecule has 0 bridgehead atoms. The number of rotatable bonds is 5.